The average Bonchev–Trinajstić information content (AvgIpc) is 3.14. The molecule has 1 heteroatoms. The highest BCUT2D eigenvalue weighted by Crippen LogP contribution is 2.44. The number of rotatable bonds is 3. The van der Waals surface area contributed by atoms with E-state index in [1.807, 2.05) is 0 Å². The molecule has 0 aliphatic heterocycles. The van der Waals surface area contributed by atoms with Crippen LogP contribution in [-0.2, 0) is 0 Å². The molecule has 3 aliphatic rings. The van der Waals surface area contributed by atoms with Crippen molar-refractivity contribution >= 4 is 22.7 Å². The van der Waals surface area contributed by atoms with Crippen LogP contribution in [-0.4, -0.2) is 0 Å². The fraction of sp³-hybridized carbons (Fsp3) is 0.520. The van der Waals surface area contributed by atoms with E-state index in [4.69, 9.17) is 11.6 Å². The molecule has 138 valence electrons. The second kappa shape index (κ2) is 7.77. The lowest BCUT2D eigenvalue weighted by Gasteiger charge is -2.25. The second-order valence-electron chi connectivity index (χ2n) is 8.59. The van der Waals surface area contributed by atoms with E-state index in [1.165, 1.54) is 68.1 Å². The first kappa shape index (κ1) is 18.1. The van der Waals surface area contributed by atoms with Crippen LogP contribution in [0.3, 0.4) is 0 Å². The van der Waals surface area contributed by atoms with Crippen molar-refractivity contribution in [3.05, 3.63) is 58.1 Å². The Hall–Kier alpha value is -1.27. The van der Waals surface area contributed by atoms with Gasteiger partial charge in [-0.2, -0.15) is 0 Å². The zero-order chi connectivity index (χ0) is 18.1. The van der Waals surface area contributed by atoms with Gasteiger partial charge in [0.25, 0.3) is 0 Å². The van der Waals surface area contributed by atoms with Crippen LogP contribution in [0.15, 0.2) is 42.0 Å². The molecular formula is C25H31Cl. The van der Waals surface area contributed by atoms with Crippen molar-refractivity contribution in [1.29, 1.82) is 0 Å². The Morgan fingerprint density at radius 2 is 1.73 bits per heavy atom. The van der Waals surface area contributed by atoms with Gasteiger partial charge in [-0.25, -0.2) is 0 Å². The molecule has 0 saturated heterocycles. The first-order valence-electron chi connectivity index (χ1n) is 10.6. The number of hydrogen-bond acceptors (Lipinski definition) is 0. The van der Waals surface area contributed by atoms with Crippen molar-refractivity contribution in [3.63, 3.8) is 0 Å². The second-order valence-corrected chi connectivity index (χ2v) is 8.99. The minimum absolute atomic E-state index is 0.571. The van der Waals surface area contributed by atoms with E-state index in [9.17, 15) is 0 Å². The van der Waals surface area contributed by atoms with Crippen molar-refractivity contribution < 1.29 is 0 Å². The average molecular weight is 367 g/mol. The van der Waals surface area contributed by atoms with E-state index < -0.39 is 0 Å². The Labute approximate surface area is 164 Å². The molecule has 0 spiro atoms. The number of allylic oxidation sites excluding steroid dienone is 6. The minimum atomic E-state index is 0.571. The summed E-state index contributed by atoms with van der Waals surface area (Å²) >= 11 is 6.76. The molecule has 0 bridgehead atoms. The van der Waals surface area contributed by atoms with Gasteiger partial charge < -0.3 is 0 Å². The molecule has 1 aromatic carbocycles. The van der Waals surface area contributed by atoms with Gasteiger partial charge in [-0.05, 0) is 72.6 Å². The molecule has 0 radical (unpaired) electrons. The largest absolute Gasteiger partial charge is 0.0836 e. The van der Waals surface area contributed by atoms with Crippen LogP contribution in [0.5, 0.6) is 0 Å². The molecule has 2 atom stereocenters. The maximum absolute atomic E-state index is 6.76. The predicted octanol–water partition coefficient (Wildman–Crippen LogP) is 8.08. The highest BCUT2D eigenvalue weighted by molar-refractivity contribution is 6.32. The van der Waals surface area contributed by atoms with Gasteiger partial charge in [0.15, 0.2) is 0 Å². The first-order valence-corrected chi connectivity index (χ1v) is 10.9. The molecule has 1 saturated carbocycles. The van der Waals surface area contributed by atoms with Crippen LogP contribution in [0.4, 0.5) is 0 Å². The lowest BCUT2D eigenvalue weighted by atomic mass is 9.81. The van der Waals surface area contributed by atoms with Crippen LogP contribution >= 0.6 is 11.6 Å². The zero-order valence-corrected chi connectivity index (χ0v) is 17.0. The molecule has 4 rings (SSSR count). The third kappa shape index (κ3) is 3.58. The number of halogens is 1. The molecular weight excluding hydrogens is 336 g/mol. The monoisotopic (exact) mass is 366 g/mol. The lowest BCUT2D eigenvalue weighted by Crippen LogP contribution is -2.09. The molecule has 0 amide bonds. The summed E-state index contributed by atoms with van der Waals surface area (Å²) in [6.07, 6.45) is 17.9. The van der Waals surface area contributed by atoms with Crippen LogP contribution in [0, 0.1) is 17.8 Å². The van der Waals surface area contributed by atoms with E-state index in [1.54, 1.807) is 11.1 Å². The van der Waals surface area contributed by atoms with Gasteiger partial charge in [-0.3, -0.25) is 0 Å². The highest BCUT2D eigenvalue weighted by Gasteiger charge is 2.25. The fourth-order valence-corrected chi connectivity index (χ4v) is 5.33. The van der Waals surface area contributed by atoms with Crippen molar-refractivity contribution in [2.75, 3.05) is 0 Å². The summed E-state index contributed by atoms with van der Waals surface area (Å²) in [5.41, 5.74) is 7.20. The molecule has 3 aliphatic carbocycles. The van der Waals surface area contributed by atoms with Crippen molar-refractivity contribution in [2.45, 2.75) is 65.2 Å². The maximum atomic E-state index is 6.76. The zero-order valence-electron chi connectivity index (χ0n) is 16.2. The minimum Gasteiger partial charge on any atom is -0.0836 e. The summed E-state index contributed by atoms with van der Waals surface area (Å²) in [4.78, 5) is 0. The summed E-state index contributed by atoms with van der Waals surface area (Å²) in [6.45, 7) is 4.56. The van der Waals surface area contributed by atoms with Crippen molar-refractivity contribution in [2.24, 2.45) is 17.8 Å². The molecule has 0 aromatic heterocycles. The van der Waals surface area contributed by atoms with Crippen molar-refractivity contribution in [3.8, 4) is 0 Å². The highest BCUT2D eigenvalue weighted by atomic mass is 35.5. The Kier molecular flexibility index (Phi) is 5.41. The predicted molar refractivity (Wildman–Crippen MR) is 114 cm³/mol. The normalized spacial score (nSPS) is 27.1. The van der Waals surface area contributed by atoms with Crippen LogP contribution in [0.1, 0.15) is 76.3 Å². The van der Waals surface area contributed by atoms with E-state index in [-0.39, 0.29) is 0 Å². The van der Waals surface area contributed by atoms with Gasteiger partial charge in [0.2, 0.25) is 0 Å². The Morgan fingerprint density at radius 1 is 0.923 bits per heavy atom. The molecule has 0 heterocycles. The fourth-order valence-electron chi connectivity index (χ4n) is 5.04. The molecule has 1 aromatic rings. The summed E-state index contributed by atoms with van der Waals surface area (Å²) < 4.78 is 0. The van der Waals surface area contributed by atoms with Gasteiger partial charge in [0.05, 0.1) is 0 Å². The summed E-state index contributed by atoms with van der Waals surface area (Å²) in [5.74, 6) is 2.02. The summed E-state index contributed by atoms with van der Waals surface area (Å²) in [6, 6.07) is 6.81. The van der Waals surface area contributed by atoms with Gasteiger partial charge >= 0.3 is 0 Å². The van der Waals surface area contributed by atoms with Gasteiger partial charge in [0.1, 0.15) is 0 Å². The summed E-state index contributed by atoms with van der Waals surface area (Å²) in [5, 5.41) is 0.905. The SMILES string of the molecule is CC1C=CC(c2ccc(C3=C(C4CCCCC4)CCC3)cc2Cl)=CC1C. The third-order valence-electron chi connectivity index (χ3n) is 6.84. The Bertz CT molecular complexity index is 758. The summed E-state index contributed by atoms with van der Waals surface area (Å²) in [7, 11) is 0. The molecule has 26 heavy (non-hydrogen) atoms. The van der Waals surface area contributed by atoms with E-state index in [0.29, 0.717) is 11.8 Å². The Balaban J connectivity index is 1.63. The first-order chi connectivity index (χ1) is 12.6. The number of hydrogen-bond donors (Lipinski definition) is 0. The van der Waals surface area contributed by atoms with Crippen LogP contribution in [0.25, 0.3) is 11.1 Å². The van der Waals surface area contributed by atoms with Crippen molar-refractivity contribution in [1.82, 2.24) is 0 Å². The van der Waals surface area contributed by atoms with E-state index in [2.05, 4.69) is 50.3 Å². The van der Waals surface area contributed by atoms with Gasteiger partial charge in [-0.15, -0.1) is 0 Å². The van der Waals surface area contributed by atoms with Gasteiger partial charge in [0, 0.05) is 10.6 Å². The topological polar surface area (TPSA) is 0 Å². The van der Waals surface area contributed by atoms with E-state index >= 15 is 0 Å². The maximum Gasteiger partial charge on any atom is 0.0490 e. The van der Waals surface area contributed by atoms with E-state index in [0.717, 1.165) is 10.9 Å². The molecule has 2 unspecified atom stereocenters. The van der Waals surface area contributed by atoms with Crippen LogP contribution < -0.4 is 0 Å². The standard InChI is InChI=1S/C25H31Cl/c1-17-11-12-20(15-18(17)2)24-14-13-21(16-25(24)26)23-10-6-9-22(23)19-7-4-3-5-8-19/h11-19H,3-10H2,1-2H3. The smallest absolute Gasteiger partial charge is 0.0490 e. The quantitative estimate of drug-likeness (QED) is 0.507. The van der Waals surface area contributed by atoms with Gasteiger partial charge in [-0.1, -0.05) is 80.6 Å². The molecule has 0 N–H and O–H groups in total. The molecule has 1 fully saturated rings. The third-order valence-corrected chi connectivity index (χ3v) is 7.15. The molecule has 0 nitrogen and oxygen atoms in total. The van der Waals surface area contributed by atoms with Crippen LogP contribution in [0.2, 0.25) is 5.02 Å². The number of benzene rings is 1. The lowest BCUT2D eigenvalue weighted by molar-refractivity contribution is 0.398. The Morgan fingerprint density at radius 3 is 2.46 bits per heavy atom.